The highest BCUT2D eigenvalue weighted by atomic mass is 19.4. The molecule has 0 aliphatic heterocycles. The van der Waals surface area contributed by atoms with Crippen LogP contribution in [0.5, 0.6) is 11.5 Å². The molecule has 2 heterocycles. The van der Waals surface area contributed by atoms with Gasteiger partial charge in [-0.15, -0.1) is 15.3 Å². The van der Waals surface area contributed by atoms with Crippen LogP contribution < -0.4 is 20.5 Å². The van der Waals surface area contributed by atoms with Gasteiger partial charge in [0.05, 0.1) is 25.8 Å². The Morgan fingerprint density at radius 3 is 2.18 bits per heavy atom. The summed E-state index contributed by atoms with van der Waals surface area (Å²) in [5.74, 6) is 2.08. The normalized spacial score (nSPS) is 13.0. The van der Waals surface area contributed by atoms with Crippen LogP contribution in [0.4, 0.5) is 24.7 Å². The number of benzene rings is 2. The van der Waals surface area contributed by atoms with E-state index in [0.29, 0.717) is 45.1 Å². The number of aromatic nitrogens is 4. The Morgan fingerprint density at radius 2 is 1.59 bits per heavy atom. The Balaban J connectivity index is 1.90. The molecule has 1 atom stereocenters. The van der Waals surface area contributed by atoms with Gasteiger partial charge in [-0.2, -0.15) is 17.7 Å². The average Bonchev–Trinajstić information content (AvgIpc) is 3.21. The van der Waals surface area contributed by atoms with Crippen molar-refractivity contribution in [1.29, 1.82) is 0 Å². The highest BCUT2D eigenvalue weighted by molar-refractivity contribution is 6.02. The molecule has 11 heteroatoms. The Hall–Kier alpha value is -3.76. The molecule has 34 heavy (non-hydrogen) atoms. The third kappa shape index (κ3) is 4.13. The minimum atomic E-state index is -4.51. The fourth-order valence-electron chi connectivity index (χ4n) is 3.82. The van der Waals surface area contributed by atoms with Crippen LogP contribution >= 0.6 is 0 Å². The molecule has 0 bridgehead atoms. The number of nitrogens with zero attached hydrogens (tertiary/aromatic N) is 4. The van der Waals surface area contributed by atoms with Gasteiger partial charge in [-0.3, -0.25) is 0 Å². The van der Waals surface area contributed by atoms with Crippen LogP contribution in [-0.2, 0) is 6.18 Å². The summed E-state index contributed by atoms with van der Waals surface area (Å²) in [6.45, 7) is 5.68. The number of rotatable bonds is 6. The average molecular weight is 474 g/mol. The molecule has 2 aromatic heterocycles. The van der Waals surface area contributed by atoms with Crippen LogP contribution in [0.3, 0.4) is 0 Å². The van der Waals surface area contributed by atoms with Crippen LogP contribution in [0.1, 0.15) is 49.7 Å². The number of nitrogens with one attached hydrogen (secondary N) is 1. The second kappa shape index (κ2) is 8.54. The molecular weight excluding hydrogens is 449 g/mol. The molecule has 0 radical (unpaired) electrons. The van der Waals surface area contributed by atoms with Crippen LogP contribution in [0.15, 0.2) is 30.3 Å². The number of anilines is 2. The molecule has 0 aliphatic carbocycles. The SMILES string of the molecule is COc1cc2c(NC(C)c3cc(N)cc(C(F)(F)F)c3)nn3c(C(C)C)nnc3c2cc1OC. The lowest BCUT2D eigenvalue weighted by Gasteiger charge is -2.20. The van der Waals surface area contributed by atoms with Crippen molar-refractivity contribution in [2.24, 2.45) is 0 Å². The summed E-state index contributed by atoms with van der Waals surface area (Å²) in [7, 11) is 3.05. The van der Waals surface area contributed by atoms with Crippen molar-refractivity contribution in [1.82, 2.24) is 19.8 Å². The predicted octanol–water partition coefficient (Wildman–Crippen LogP) is 5.19. The van der Waals surface area contributed by atoms with Gasteiger partial charge < -0.3 is 20.5 Å². The molecule has 0 saturated heterocycles. The van der Waals surface area contributed by atoms with Crippen molar-refractivity contribution >= 4 is 27.9 Å². The number of hydrogen-bond donors (Lipinski definition) is 2. The zero-order valence-corrected chi connectivity index (χ0v) is 19.4. The van der Waals surface area contributed by atoms with Crippen LogP contribution in [0.2, 0.25) is 0 Å². The van der Waals surface area contributed by atoms with Gasteiger partial charge in [0.1, 0.15) is 0 Å². The molecule has 2 aromatic carbocycles. The summed E-state index contributed by atoms with van der Waals surface area (Å²) < 4.78 is 52.5. The highest BCUT2D eigenvalue weighted by Gasteiger charge is 2.31. The zero-order chi connectivity index (χ0) is 24.8. The second-order valence-corrected chi connectivity index (χ2v) is 8.30. The quantitative estimate of drug-likeness (QED) is 0.371. The Kier molecular flexibility index (Phi) is 5.88. The monoisotopic (exact) mass is 474 g/mol. The number of ether oxygens (including phenoxy) is 2. The lowest BCUT2D eigenvalue weighted by molar-refractivity contribution is -0.137. The maximum Gasteiger partial charge on any atom is 0.416 e. The molecule has 0 saturated carbocycles. The molecule has 8 nitrogen and oxygen atoms in total. The number of fused-ring (bicyclic) bond motifs is 3. The van der Waals surface area contributed by atoms with E-state index in [4.69, 9.17) is 20.3 Å². The van der Waals surface area contributed by atoms with E-state index < -0.39 is 17.8 Å². The van der Waals surface area contributed by atoms with Crippen molar-refractivity contribution in [3.8, 4) is 11.5 Å². The first-order valence-electron chi connectivity index (χ1n) is 10.6. The predicted molar refractivity (Wildman–Crippen MR) is 123 cm³/mol. The van der Waals surface area contributed by atoms with Crippen LogP contribution in [0, 0.1) is 0 Å². The molecular formula is C23H25F3N6O2. The molecule has 0 spiro atoms. The molecule has 4 aromatic rings. The number of nitrogens with two attached hydrogens (primary N) is 1. The molecule has 0 aliphatic rings. The maximum atomic E-state index is 13.3. The van der Waals surface area contributed by atoms with E-state index in [1.54, 1.807) is 23.6 Å². The summed E-state index contributed by atoms with van der Waals surface area (Å²) in [4.78, 5) is 0. The fourth-order valence-corrected chi connectivity index (χ4v) is 3.82. The van der Waals surface area contributed by atoms with E-state index >= 15 is 0 Å². The van der Waals surface area contributed by atoms with Gasteiger partial charge in [-0.25, -0.2) is 0 Å². The number of hydrogen-bond acceptors (Lipinski definition) is 7. The minimum absolute atomic E-state index is 0.0269. The van der Waals surface area contributed by atoms with Crippen LogP contribution in [0.25, 0.3) is 16.4 Å². The molecule has 1 unspecified atom stereocenters. The lowest BCUT2D eigenvalue weighted by Crippen LogP contribution is -2.14. The van der Waals surface area contributed by atoms with Gasteiger partial charge >= 0.3 is 6.18 Å². The van der Waals surface area contributed by atoms with E-state index in [1.807, 2.05) is 13.8 Å². The first kappa shape index (κ1) is 23.4. The van der Waals surface area contributed by atoms with Crippen molar-refractivity contribution in [2.45, 2.75) is 38.9 Å². The van der Waals surface area contributed by atoms with Crippen molar-refractivity contribution in [2.75, 3.05) is 25.3 Å². The van der Waals surface area contributed by atoms with E-state index in [1.165, 1.54) is 20.3 Å². The van der Waals surface area contributed by atoms with Gasteiger partial charge in [0.25, 0.3) is 0 Å². The van der Waals surface area contributed by atoms with Crippen LogP contribution in [-0.4, -0.2) is 34.0 Å². The van der Waals surface area contributed by atoms with Crippen molar-refractivity contribution in [3.63, 3.8) is 0 Å². The van der Waals surface area contributed by atoms with E-state index in [0.717, 1.165) is 12.1 Å². The Labute approximate surface area is 193 Å². The molecule has 3 N–H and O–H groups in total. The van der Waals surface area contributed by atoms with Gasteiger partial charge in [0, 0.05) is 22.4 Å². The first-order valence-corrected chi connectivity index (χ1v) is 10.6. The Bertz CT molecular complexity index is 1370. The van der Waals surface area contributed by atoms with Gasteiger partial charge in [0.15, 0.2) is 28.8 Å². The summed E-state index contributed by atoms with van der Waals surface area (Å²) in [5, 5.41) is 17.9. The van der Waals surface area contributed by atoms with Gasteiger partial charge in [0.2, 0.25) is 0 Å². The molecule has 4 rings (SSSR count). The number of nitrogen functional groups attached to an aromatic ring is 1. The summed E-state index contributed by atoms with van der Waals surface area (Å²) in [6.07, 6.45) is -4.51. The third-order valence-corrected chi connectivity index (χ3v) is 5.56. The fraction of sp³-hybridized carbons (Fsp3) is 0.348. The largest absolute Gasteiger partial charge is 0.493 e. The van der Waals surface area contributed by atoms with Crippen molar-refractivity contribution in [3.05, 3.63) is 47.3 Å². The number of methoxy groups -OCH3 is 2. The Morgan fingerprint density at radius 1 is 0.941 bits per heavy atom. The standard InChI is InChI=1S/C23H25F3N6O2/c1-11(2)21-29-30-22-17-10-19(34-5)18(33-4)9-16(17)20(31-32(21)22)28-12(3)13-6-14(23(24,25)26)8-15(27)7-13/h6-12H,27H2,1-5H3,(H,28,31). The van der Waals surface area contributed by atoms with E-state index in [-0.39, 0.29) is 11.6 Å². The lowest BCUT2D eigenvalue weighted by atomic mass is 10.0. The summed E-state index contributed by atoms with van der Waals surface area (Å²) >= 11 is 0. The second-order valence-electron chi connectivity index (χ2n) is 8.30. The van der Waals surface area contributed by atoms with E-state index in [9.17, 15) is 13.2 Å². The topological polar surface area (TPSA) is 99.6 Å². The van der Waals surface area contributed by atoms with Crippen molar-refractivity contribution < 1.29 is 22.6 Å². The van der Waals surface area contributed by atoms with Gasteiger partial charge in [-0.1, -0.05) is 13.8 Å². The minimum Gasteiger partial charge on any atom is -0.493 e. The summed E-state index contributed by atoms with van der Waals surface area (Å²) in [5.41, 5.74) is 5.89. The van der Waals surface area contributed by atoms with Gasteiger partial charge in [-0.05, 0) is 42.8 Å². The summed E-state index contributed by atoms with van der Waals surface area (Å²) in [6, 6.07) is 6.48. The number of alkyl halides is 3. The zero-order valence-electron chi connectivity index (χ0n) is 19.4. The number of halogens is 3. The maximum absolute atomic E-state index is 13.3. The highest BCUT2D eigenvalue weighted by Crippen LogP contribution is 2.38. The molecule has 0 fully saturated rings. The molecule has 180 valence electrons. The first-order chi connectivity index (χ1) is 16.0. The molecule has 0 amide bonds. The smallest absolute Gasteiger partial charge is 0.416 e. The van der Waals surface area contributed by atoms with E-state index in [2.05, 4.69) is 15.5 Å². The third-order valence-electron chi connectivity index (χ3n) is 5.56.